The van der Waals surface area contributed by atoms with E-state index in [4.69, 9.17) is 14.2 Å². The van der Waals surface area contributed by atoms with Crippen molar-refractivity contribution >= 4 is 27.8 Å². The zero-order valence-electron chi connectivity index (χ0n) is 15.7. The fourth-order valence-corrected chi connectivity index (χ4v) is 3.95. The number of amides is 1. The van der Waals surface area contributed by atoms with Crippen molar-refractivity contribution in [1.82, 2.24) is 4.90 Å². The van der Waals surface area contributed by atoms with E-state index < -0.39 is 5.97 Å². The Morgan fingerprint density at radius 3 is 2.46 bits per heavy atom. The first-order valence-corrected chi connectivity index (χ1v) is 9.66. The lowest BCUT2D eigenvalue weighted by Crippen LogP contribution is -2.49. The molecule has 1 aromatic rings. The van der Waals surface area contributed by atoms with E-state index in [1.54, 1.807) is 12.1 Å². The molecule has 0 unspecified atom stereocenters. The number of ether oxygens (including phenoxy) is 3. The number of likely N-dealkylation sites (tertiary alicyclic amines) is 1. The van der Waals surface area contributed by atoms with Crippen LogP contribution in [0.4, 0.5) is 0 Å². The highest BCUT2D eigenvalue weighted by molar-refractivity contribution is 9.10. The van der Waals surface area contributed by atoms with E-state index in [0.717, 1.165) is 19.3 Å². The van der Waals surface area contributed by atoms with Gasteiger partial charge in [-0.15, -0.1) is 0 Å². The van der Waals surface area contributed by atoms with Gasteiger partial charge >= 0.3 is 5.97 Å². The fourth-order valence-electron chi connectivity index (χ4n) is 3.34. The van der Waals surface area contributed by atoms with Gasteiger partial charge in [0, 0.05) is 12.1 Å². The number of carbonyl (C=O) groups is 2. The summed E-state index contributed by atoms with van der Waals surface area (Å²) in [6, 6.07) is 3.50. The van der Waals surface area contributed by atoms with Crippen LogP contribution in [0, 0.1) is 0 Å². The van der Waals surface area contributed by atoms with E-state index in [9.17, 15) is 9.59 Å². The molecule has 1 aromatic carbocycles. The van der Waals surface area contributed by atoms with Crippen LogP contribution in [0.3, 0.4) is 0 Å². The highest BCUT2D eigenvalue weighted by atomic mass is 79.9. The molecule has 26 heavy (non-hydrogen) atoms. The van der Waals surface area contributed by atoms with Gasteiger partial charge in [-0.2, -0.15) is 0 Å². The third-order valence-electron chi connectivity index (χ3n) is 4.56. The zero-order valence-corrected chi connectivity index (χ0v) is 17.3. The van der Waals surface area contributed by atoms with Crippen LogP contribution in [-0.2, 0) is 9.53 Å². The van der Waals surface area contributed by atoms with Crippen LogP contribution in [0.5, 0.6) is 11.5 Å². The van der Waals surface area contributed by atoms with Gasteiger partial charge in [-0.25, -0.2) is 4.79 Å². The van der Waals surface area contributed by atoms with Gasteiger partial charge in [0.2, 0.25) is 0 Å². The molecule has 0 aliphatic carbocycles. The molecule has 0 spiro atoms. The second-order valence-corrected chi connectivity index (χ2v) is 7.28. The lowest BCUT2D eigenvalue weighted by molar-refractivity contribution is -0.140. The minimum atomic E-state index is -0.569. The van der Waals surface area contributed by atoms with E-state index in [1.165, 1.54) is 7.11 Å². The summed E-state index contributed by atoms with van der Waals surface area (Å²) in [5, 5.41) is 0. The Morgan fingerprint density at radius 1 is 1.23 bits per heavy atom. The fraction of sp³-hybridized carbons (Fsp3) is 0.579. The minimum absolute atomic E-state index is 0.157. The van der Waals surface area contributed by atoms with E-state index >= 15 is 0 Å². The SMILES string of the molecule is CCOc1cc(C(=O)OCC(=O)N2[C@@H](C)CCC[C@@H]2C)cc(Br)c1OC. The van der Waals surface area contributed by atoms with Crippen molar-refractivity contribution in [3.05, 3.63) is 22.2 Å². The summed E-state index contributed by atoms with van der Waals surface area (Å²) in [6.45, 7) is 6.08. The zero-order chi connectivity index (χ0) is 19.3. The molecule has 0 N–H and O–H groups in total. The van der Waals surface area contributed by atoms with Crippen LogP contribution >= 0.6 is 15.9 Å². The molecule has 2 rings (SSSR count). The summed E-state index contributed by atoms with van der Waals surface area (Å²) in [5.41, 5.74) is 0.300. The maximum Gasteiger partial charge on any atom is 0.338 e. The van der Waals surface area contributed by atoms with Crippen LogP contribution in [0.1, 0.15) is 50.4 Å². The van der Waals surface area contributed by atoms with Crippen LogP contribution in [0.15, 0.2) is 16.6 Å². The third kappa shape index (κ3) is 4.69. The number of piperidine rings is 1. The first-order valence-electron chi connectivity index (χ1n) is 8.87. The molecule has 2 atom stereocenters. The highest BCUT2D eigenvalue weighted by Crippen LogP contribution is 2.36. The van der Waals surface area contributed by atoms with Crippen molar-refractivity contribution in [2.75, 3.05) is 20.3 Å². The molecular weight excluding hydrogens is 402 g/mol. The molecule has 1 heterocycles. The van der Waals surface area contributed by atoms with Gasteiger partial charge in [0.1, 0.15) is 0 Å². The maximum atomic E-state index is 12.5. The predicted octanol–water partition coefficient (Wildman–Crippen LogP) is 3.80. The number of methoxy groups -OCH3 is 1. The van der Waals surface area contributed by atoms with Crippen LogP contribution < -0.4 is 9.47 Å². The Hall–Kier alpha value is -1.76. The predicted molar refractivity (Wildman–Crippen MR) is 102 cm³/mol. The molecule has 1 amide bonds. The van der Waals surface area contributed by atoms with E-state index in [1.807, 2.05) is 25.7 Å². The Balaban J connectivity index is 2.06. The normalized spacial score (nSPS) is 19.8. The Bertz CT molecular complexity index is 654. The van der Waals surface area contributed by atoms with Gasteiger partial charge in [0.15, 0.2) is 18.1 Å². The molecule has 0 radical (unpaired) electrons. The summed E-state index contributed by atoms with van der Waals surface area (Å²) in [4.78, 5) is 26.7. The third-order valence-corrected chi connectivity index (χ3v) is 5.15. The molecule has 1 aliphatic rings. The smallest absolute Gasteiger partial charge is 0.338 e. The number of benzene rings is 1. The van der Waals surface area contributed by atoms with Gasteiger partial charge in [-0.1, -0.05) is 0 Å². The van der Waals surface area contributed by atoms with Crippen LogP contribution in [0.2, 0.25) is 0 Å². The van der Waals surface area contributed by atoms with Crippen LogP contribution in [0.25, 0.3) is 0 Å². The van der Waals surface area contributed by atoms with Gasteiger partial charge in [-0.3, -0.25) is 4.79 Å². The number of carbonyl (C=O) groups excluding carboxylic acids is 2. The molecular formula is C19H26BrNO5. The van der Waals surface area contributed by atoms with Crippen LogP contribution in [-0.4, -0.2) is 49.2 Å². The van der Waals surface area contributed by atoms with Crippen molar-refractivity contribution < 1.29 is 23.8 Å². The van der Waals surface area contributed by atoms with Crippen molar-refractivity contribution in [2.45, 2.75) is 52.1 Å². The number of esters is 1. The van der Waals surface area contributed by atoms with Crippen molar-refractivity contribution in [1.29, 1.82) is 0 Å². The highest BCUT2D eigenvalue weighted by Gasteiger charge is 2.29. The number of halogens is 1. The molecule has 7 heteroatoms. The minimum Gasteiger partial charge on any atom is -0.492 e. The van der Waals surface area contributed by atoms with Gasteiger partial charge in [0.05, 0.1) is 23.8 Å². The van der Waals surface area contributed by atoms with Gasteiger partial charge in [-0.05, 0) is 68.1 Å². The van der Waals surface area contributed by atoms with Crippen molar-refractivity contribution in [3.63, 3.8) is 0 Å². The second kappa shape index (κ2) is 9.26. The summed E-state index contributed by atoms with van der Waals surface area (Å²) < 4.78 is 16.6. The Labute approximate surface area is 162 Å². The first-order chi connectivity index (χ1) is 12.4. The number of hydrogen-bond donors (Lipinski definition) is 0. The molecule has 0 saturated carbocycles. The average Bonchev–Trinajstić information content (AvgIpc) is 2.59. The molecule has 1 aliphatic heterocycles. The molecule has 0 bridgehead atoms. The molecule has 1 saturated heterocycles. The summed E-state index contributed by atoms with van der Waals surface area (Å²) in [5.74, 6) is 0.229. The lowest BCUT2D eigenvalue weighted by atomic mass is 9.97. The largest absolute Gasteiger partial charge is 0.492 e. The maximum absolute atomic E-state index is 12.5. The van der Waals surface area contributed by atoms with Gasteiger partial charge < -0.3 is 19.1 Å². The molecule has 6 nitrogen and oxygen atoms in total. The van der Waals surface area contributed by atoms with Crippen molar-refractivity contribution in [3.8, 4) is 11.5 Å². The van der Waals surface area contributed by atoms with Crippen molar-refractivity contribution in [2.24, 2.45) is 0 Å². The molecule has 0 aromatic heterocycles. The lowest BCUT2D eigenvalue weighted by Gasteiger charge is -2.38. The monoisotopic (exact) mass is 427 g/mol. The Morgan fingerprint density at radius 2 is 1.88 bits per heavy atom. The standard InChI is InChI=1S/C19H26BrNO5/c1-5-25-16-10-14(9-15(20)18(16)24-4)19(23)26-11-17(22)21-12(2)7-6-8-13(21)3/h9-10,12-13H,5-8,11H2,1-4H3/t12-,13-/m0/s1. The average molecular weight is 428 g/mol. The molecule has 144 valence electrons. The number of rotatable bonds is 6. The number of hydrogen-bond acceptors (Lipinski definition) is 5. The van der Waals surface area contributed by atoms with E-state index in [-0.39, 0.29) is 24.6 Å². The first kappa shape index (κ1) is 20.6. The van der Waals surface area contributed by atoms with E-state index in [2.05, 4.69) is 15.9 Å². The topological polar surface area (TPSA) is 65.1 Å². The summed E-state index contributed by atoms with van der Waals surface area (Å²) >= 11 is 3.37. The Kier molecular flexibility index (Phi) is 7.32. The second-order valence-electron chi connectivity index (χ2n) is 6.43. The van der Waals surface area contributed by atoms with Gasteiger partial charge in [0.25, 0.3) is 5.91 Å². The molecule has 1 fully saturated rings. The van der Waals surface area contributed by atoms with E-state index in [0.29, 0.717) is 28.1 Å². The number of nitrogens with zero attached hydrogens (tertiary/aromatic N) is 1. The quantitative estimate of drug-likeness (QED) is 0.645. The summed E-state index contributed by atoms with van der Waals surface area (Å²) in [7, 11) is 1.53. The summed E-state index contributed by atoms with van der Waals surface area (Å²) in [6.07, 6.45) is 3.08.